The summed E-state index contributed by atoms with van der Waals surface area (Å²) in [4.78, 5) is 16.4. The molecule has 0 atom stereocenters. The first-order valence-electron chi connectivity index (χ1n) is 8.61. The molecule has 0 unspecified atom stereocenters. The summed E-state index contributed by atoms with van der Waals surface area (Å²) >= 11 is 2.06. The zero-order valence-electron chi connectivity index (χ0n) is 14.2. The summed E-state index contributed by atoms with van der Waals surface area (Å²) in [6.45, 7) is 5.45. The molecule has 2 aliphatic heterocycles. The quantitative estimate of drug-likeness (QED) is 0.880. The van der Waals surface area contributed by atoms with E-state index >= 15 is 0 Å². The molecule has 2 fully saturated rings. The molecule has 5 nitrogen and oxygen atoms in total. The first kappa shape index (κ1) is 17.6. The number of carbonyl (C=O) groups is 1. The molecule has 132 valence electrons. The van der Waals surface area contributed by atoms with E-state index in [0.717, 1.165) is 31.2 Å². The SMILES string of the molecule is COc1ccc(CN2CCC(N3CCSCC3)CC2)cc1C(=O)O. The van der Waals surface area contributed by atoms with Crippen LogP contribution in [0.1, 0.15) is 28.8 Å². The number of nitrogens with zero attached hydrogens (tertiary/aromatic N) is 2. The van der Waals surface area contributed by atoms with E-state index in [1.807, 2.05) is 6.07 Å². The lowest BCUT2D eigenvalue weighted by molar-refractivity contribution is 0.0693. The normalized spacial score (nSPS) is 20.9. The Bertz CT molecular complexity index is 567. The van der Waals surface area contributed by atoms with Gasteiger partial charge in [0.25, 0.3) is 0 Å². The van der Waals surface area contributed by atoms with Gasteiger partial charge in [-0.1, -0.05) is 6.07 Å². The minimum absolute atomic E-state index is 0.246. The Hall–Kier alpha value is -1.24. The van der Waals surface area contributed by atoms with Crippen LogP contribution in [0.3, 0.4) is 0 Å². The fourth-order valence-corrected chi connectivity index (χ4v) is 4.60. The molecule has 0 bridgehead atoms. The minimum Gasteiger partial charge on any atom is -0.496 e. The number of carboxylic acids is 1. The predicted octanol–water partition coefficient (Wildman–Crippen LogP) is 2.41. The van der Waals surface area contributed by atoms with Crippen molar-refractivity contribution in [3.63, 3.8) is 0 Å². The van der Waals surface area contributed by atoms with Crippen LogP contribution < -0.4 is 4.74 Å². The number of hydrogen-bond donors (Lipinski definition) is 1. The standard InChI is InChI=1S/C18H26N2O3S/c1-23-17-3-2-14(12-16(17)18(21)22)13-19-6-4-15(5-7-19)20-8-10-24-11-9-20/h2-3,12,15H,4-11,13H2,1H3,(H,21,22). The van der Waals surface area contributed by atoms with Crippen LogP contribution in [0, 0.1) is 0 Å². The van der Waals surface area contributed by atoms with Crippen molar-refractivity contribution >= 4 is 17.7 Å². The number of piperidine rings is 1. The Kier molecular flexibility index (Phi) is 6.03. The number of rotatable bonds is 5. The highest BCUT2D eigenvalue weighted by Gasteiger charge is 2.25. The first-order valence-corrected chi connectivity index (χ1v) is 9.77. The molecule has 0 amide bonds. The zero-order valence-corrected chi connectivity index (χ0v) is 15.1. The second kappa shape index (κ2) is 8.23. The third-order valence-corrected chi connectivity index (χ3v) is 5.96. The van der Waals surface area contributed by atoms with Crippen molar-refractivity contribution in [1.29, 1.82) is 0 Å². The fraction of sp³-hybridized carbons (Fsp3) is 0.611. The van der Waals surface area contributed by atoms with Crippen molar-refractivity contribution < 1.29 is 14.6 Å². The Labute approximate surface area is 148 Å². The van der Waals surface area contributed by atoms with E-state index in [2.05, 4.69) is 21.6 Å². The van der Waals surface area contributed by atoms with Crippen LogP contribution >= 0.6 is 11.8 Å². The van der Waals surface area contributed by atoms with Crippen LogP contribution in [0.5, 0.6) is 5.75 Å². The maximum absolute atomic E-state index is 11.3. The van der Waals surface area contributed by atoms with Crippen molar-refractivity contribution in [2.45, 2.75) is 25.4 Å². The number of aromatic carboxylic acids is 1. The highest BCUT2D eigenvalue weighted by atomic mass is 32.2. The first-order chi connectivity index (χ1) is 11.7. The number of hydrogen-bond acceptors (Lipinski definition) is 5. The average molecular weight is 350 g/mol. The van der Waals surface area contributed by atoms with Gasteiger partial charge in [0.15, 0.2) is 0 Å². The average Bonchev–Trinajstić information content (AvgIpc) is 2.63. The molecule has 0 radical (unpaired) electrons. The van der Waals surface area contributed by atoms with Gasteiger partial charge < -0.3 is 9.84 Å². The number of ether oxygens (including phenoxy) is 1. The molecule has 0 saturated carbocycles. The highest BCUT2D eigenvalue weighted by Crippen LogP contribution is 2.24. The molecule has 2 saturated heterocycles. The summed E-state index contributed by atoms with van der Waals surface area (Å²) in [5, 5.41) is 9.31. The molecule has 6 heteroatoms. The summed E-state index contributed by atoms with van der Waals surface area (Å²) in [6, 6.07) is 6.21. The third-order valence-electron chi connectivity index (χ3n) is 5.02. The molecule has 3 rings (SSSR count). The van der Waals surface area contributed by atoms with Gasteiger partial charge in [-0.3, -0.25) is 9.80 Å². The summed E-state index contributed by atoms with van der Waals surface area (Å²) in [7, 11) is 1.51. The molecule has 1 aromatic rings. The van der Waals surface area contributed by atoms with Crippen LogP contribution in [0.2, 0.25) is 0 Å². The van der Waals surface area contributed by atoms with E-state index in [0.29, 0.717) is 5.75 Å². The second-order valence-electron chi connectivity index (χ2n) is 6.50. The fourth-order valence-electron chi connectivity index (χ4n) is 3.66. The van der Waals surface area contributed by atoms with Crippen LogP contribution in [0.4, 0.5) is 0 Å². The lowest BCUT2D eigenvalue weighted by atomic mass is 10.0. The zero-order chi connectivity index (χ0) is 16.9. The summed E-state index contributed by atoms with van der Waals surface area (Å²) in [5.74, 6) is 2.02. The molecule has 1 N–H and O–H groups in total. The van der Waals surface area contributed by atoms with Crippen molar-refractivity contribution in [2.75, 3.05) is 44.8 Å². The van der Waals surface area contributed by atoms with Crippen LogP contribution in [-0.2, 0) is 6.54 Å². The number of likely N-dealkylation sites (tertiary alicyclic amines) is 1. The van der Waals surface area contributed by atoms with Gasteiger partial charge in [0.05, 0.1) is 7.11 Å². The minimum atomic E-state index is -0.935. The smallest absolute Gasteiger partial charge is 0.339 e. The Morgan fingerprint density at radius 2 is 1.96 bits per heavy atom. The van der Waals surface area contributed by atoms with Gasteiger partial charge in [-0.2, -0.15) is 11.8 Å². The monoisotopic (exact) mass is 350 g/mol. The van der Waals surface area contributed by atoms with Crippen molar-refractivity contribution in [2.24, 2.45) is 0 Å². The Morgan fingerprint density at radius 1 is 1.25 bits per heavy atom. The molecule has 2 aliphatic rings. The topological polar surface area (TPSA) is 53.0 Å². The third kappa shape index (κ3) is 4.23. The molecule has 2 heterocycles. The summed E-state index contributed by atoms with van der Waals surface area (Å²) in [5.41, 5.74) is 1.29. The second-order valence-corrected chi connectivity index (χ2v) is 7.72. The van der Waals surface area contributed by atoms with Crippen molar-refractivity contribution in [3.8, 4) is 5.75 Å². The predicted molar refractivity (Wildman–Crippen MR) is 97.2 cm³/mol. The number of methoxy groups -OCH3 is 1. The van der Waals surface area contributed by atoms with Crippen molar-refractivity contribution in [3.05, 3.63) is 29.3 Å². The van der Waals surface area contributed by atoms with E-state index < -0.39 is 5.97 Å². The maximum Gasteiger partial charge on any atom is 0.339 e. The molecule has 24 heavy (non-hydrogen) atoms. The van der Waals surface area contributed by atoms with Gasteiger partial charge >= 0.3 is 5.97 Å². The van der Waals surface area contributed by atoms with Gasteiger partial charge in [-0.15, -0.1) is 0 Å². The molecular formula is C18H26N2O3S. The molecule has 0 aromatic heterocycles. The van der Waals surface area contributed by atoms with E-state index in [4.69, 9.17) is 4.74 Å². The molecular weight excluding hydrogens is 324 g/mol. The summed E-state index contributed by atoms with van der Waals surface area (Å²) < 4.78 is 5.13. The van der Waals surface area contributed by atoms with Crippen LogP contribution in [0.15, 0.2) is 18.2 Å². The number of thioether (sulfide) groups is 1. The van der Waals surface area contributed by atoms with E-state index in [-0.39, 0.29) is 5.56 Å². The van der Waals surface area contributed by atoms with E-state index in [1.54, 1.807) is 12.1 Å². The molecule has 0 spiro atoms. The van der Waals surface area contributed by atoms with Gasteiger partial charge in [-0.25, -0.2) is 4.79 Å². The van der Waals surface area contributed by atoms with E-state index in [1.165, 1.54) is 44.5 Å². The Balaban J connectivity index is 1.56. The van der Waals surface area contributed by atoms with Gasteiger partial charge in [0.2, 0.25) is 0 Å². The number of benzene rings is 1. The lowest BCUT2D eigenvalue weighted by Gasteiger charge is -2.40. The van der Waals surface area contributed by atoms with Gasteiger partial charge in [0.1, 0.15) is 11.3 Å². The summed E-state index contributed by atoms with van der Waals surface area (Å²) in [6.07, 6.45) is 2.43. The Morgan fingerprint density at radius 3 is 2.58 bits per heavy atom. The molecule has 1 aromatic carbocycles. The maximum atomic E-state index is 11.3. The van der Waals surface area contributed by atoms with Crippen LogP contribution in [-0.4, -0.2) is 71.7 Å². The van der Waals surface area contributed by atoms with Gasteiger partial charge in [-0.05, 0) is 43.6 Å². The van der Waals surface area contributed by atoms with Crippen LogP contribution in [0.25, 0.3) is 0 Å². The molecule has 0 aliphatic carbocycles. The highest BCUT2D eigenvalue weighted by molar-refractivity contribution is 7.99. The van der Waals surface area contributed by atoms with Gasteiger partial charge in [0, 0.05) is 37.2 Å². The number of carboxylic acid groups (broad SMARTS) is 1. The van der Waals surface area contributed by atoms with Crippen molar-refractivity contribution in [1.82, 2.24) is 9.80 Å². The van der Waals surface area contributed by atoms with E-state index in [9.17, 15) is 9.90 Å². The lowest BCUT2D eigenvalue weighted by Crippen LogP contribution is -2.47. The largest absolute Gasteiger partial charge is 0.496 e.